The van der Waals surface area contributed by atoms with Crippen molar-refractivity contribution in [3.05, 3.63) is 75.8 Å². The Bertz CT molecular complexity index is 848. The number of nitrogens with zero attached hydrogens (tertiary/aromatic N) is 1. The maximum absolute atomic E-state index is 12.6. The second-order valence-corrected chi connectivity index (χ2v) is 5.78. The van der Waals surface area contributed by atoms with Gasteiger partial charge < -0.3 is 10.1 Å². The lowest BCUT2D eigenvalue weighted by Gasteiger charge is -2.25. The molecule has 0 aliphatic carbocycles. The summed E-state index contributed by atoms with van der Waals surface area (Å²) in [4.78, 5) is 47.1. The highest BCUT2D eigenvalue weighted by molar-refractivity contribution is 6.00. The largest absolute Gasteiger partial charge is 0.468 e. The number of esters is 1. The van der Waals surface area contributed by atoms with Gasteiger partial charge in [0.05, 0.1) is 18.1 Å². The number of nitro groups is 1. The third kappa shape index (κ3) is 4.75. The summed E-state index contributed by atoms with van der Waals surface area (Å²) in [5.74, 6) is -3.09. The van der Waals surface area contributed by atoms with Crippen LogP contribution in [0, 0.1) is 16.0 Å². The Kier molecular flexibility index (Phi) is 6.37. The number of methoxy groups -OCH3 is 1. The summed E-state index contributed by atoms with van der Waals surface area (Å²) in [6.07, 6.45) is 0. The van der Waals surface area contributed by atoms with Crippen LogP contribution in [0.25, 0.3) is 0 Å². The molecule has 0 fully saturated rings. The zero-order chi connectivity index (χ0) is 20.0. The van der Waals surface area contributed by atoms with E-state index in [1.54, 1.807) is 30.3 Å². The van der Waals surface area contributed by atoms with E-state index in [2.05, 4.69) is 5.32 Å². The number of nitrogens with one attached hydrogen (secondary N) is 1. The molecule has 2 aromatic carbocycles. The molecule has 0 saturated carbocycles. The number of Topliss-reactive ketones (excluding diaryl/α,β-unsaturated/α-hetero) is 1. The maximum atomic E-state index is 12.6. The van der Waals surface area contributed by atoms with Crippen molar-refractivity contribution in [3.63, 3.8) is 0 Å². The number of hydrogen-bond donors (Lipinski definition) is 1. The summed E-state index contributed by atoms with van der Waals surface area (Å²) in [6.45, 7) is 1.22. The maximum Gasteiger partial charge on any atom is 0.318 e. The van der Waals surface area contributed by atoms with E-state index in [4.69, 9.17) is 4.74 Å². The van der Waals surface area contributed by atoms with E-state index in [-0.39, 0.29) is 5.69 Å². The number of carbonyl (C=O) groups is 3. The van der Waals surface area contributed by atoms with E-state index >= 15 is 0 Å². The van der Waals surface area contributed by atoms with Crippen LogP contribution in [0.2, 0.25) is 0 Å². The highest BCUT2D eigenvalue weighted by Gasteiger charge is 2.36. The first kappa shape index (κ1) is 19.8. The van der Waals surface area contributed by atoms with Gasteiger partial charge >= 0.3 is 5.97 Å². The molecular weight excluding hydrogens is 352 g/mol. The van der Waals surface area contributed by atoms with Crippen LogP contribution < -0.4 is 5.32 Å². The highest BCUT2D eigenvalue weighted by atomic mass is 16.6. The fraction of sp³-hybridized carbons (Fsp3) is 0.211. The van der Waals surface area contributed by atoms with Crippen molar-refractivity contribution >= 4 is 23.3 Å². The molecular formula is C19H18N2O6. The standard InChI is InChI=1S/C19H18N2O6/c1-12(22)16(19(24)27-2)17(13-8-10-15(11-9-13)21(25)26)20-18(23)14-6-4-3-5-7-14/h3-11,16-17H,1-2H3,(H,20,23). The molecule has 1 N–H and O–H groups in total. The van der Waals surface area contributed by atoms with Crippen LogP contribution in [0.4, 0.5) is 5.69 Å². The van der Waals surface area contributed by atoms with Gasteiger partial charge in [0.15, 0.2) is 0 Å². The van der Waals surface area contributed by atoms with E-state index in [0.29, 0.717) is 11.1 Å². The number of rotatable bonds is 7. The second-order valence-electron chi connectivity index (χ2n) is 5.78. The molecule has 27 heavy (non-hydrogen) atoms. The highest BCUT2D eigenvalue weighted by Crippen LogP contribution is 2.27. The minimum Gasteiger partial charge on any atom is -0.468 e. The fourth-order valence-electron chi connectivity index (χ4n) is 2.64. The third-order valence-electron chi connectivity index (χ3n) is 4.01. The zero-order valence-electron chi connectivity index (χ0n) is 14.7. The summed E-state index contributed by atoms with van der Waals surface area (Å²) in [7, 11) is 1.14. The Labute approximate surface area is 155 Å². The van der Waals surface area contributed by atoms with E-state index in [0.717, 1.165) is 7.11 Å². The molecule has 0 bridgehead atoms. The average molecular weight is 370 g/mol. The van der Waals surface area contributed by atoms with E-state index in [1.807, 2.05) is 0 Å². The summed E-state index contributed by atoms with van der Waals surface area (Å²) in [5.41, 5.74) is 0.566. The van der Waals surface area contributed by atoms with Crippen LogP contribution in [0.1, 0.15) is 28.9 Å². The van der Waals surface area contributed by atoms with Crippen LogP contribution in [-0.4, -0.2) is 29.7 Å². The summed E-state index contributed by atoms with van der Waals surface area (Å²) in [6, 6.07) is 12.5. The number of hydrogen-bond acceptors (Lipinski definition) is 6. The minimum absolute atomic E-state index is 0.149. The molecule has 8 nitrogen and oxygen atoms in total. The minimum atomic E-state index is -1.29. The first-order chi connectivity index (χ1) is 12.8. The van der Waals surface area contributed by atoms with Crippen LogP contribution >= 0.6 is 0 Å². The van der Waals surface area contributed by atoms with Crippen LogP contribution in [0.5, 0.6) is 0 Å². The van der Waals surface area contributed by atoms with Crippen LogP contribution in [0.3, 0.4) is 0 Å². The normalized spacial score (nSPS) is 12.5. The number of non-ortho nitro benzene ring substituents is 1. The lowest BCUT2D eigenvalue weighted by atomic mass is 9.89. The summed E-state index contributed by atoms with van der Waals surface area (Å²) >= 11 is 0. The van der Waals surface area contributed by atoms with E-state index in [1.165, 1.54) is 31.2 Å². The second kappa shape index (κ2) is 8.70. The third-order valence-corrected chi connectivity index (χ3v) is 4.01. The first-order valence-electron chi connectivity index (χ1n) is 8.03. The van der Waals surface area contributed by atoms with Crippen molar-refractivity contribution < 1.29 is 24.0 Å². The lowest BCUT2D eigenvalue weighted by molar-refractivity contribution is -0.384. The molecule has 0 heterocycles. The molecule has 140 valence electrons. The Morgan fingerprint density at radius 1 is 1.04 bits per heavy atom. The van der Waals surface area contributed by atoms with Crippen molar-refractivity contribution in [2.45, 2.75) is 13.0 Å². The van der Waals surface area contributed by atoms with Crippen molar-refractivity contribution in [1.29, 1.82) is 0 Å². The number of nitro benzene ring substituents is 1. The Hall–Kier alpha value is -3.55. The number of ketones is 1. The van der Waals surface area contributed by atoms with Gasteiger partial charge in [0.2, 0.25) is 0 Å². The zero-order valence-corrected chi connectivity index (χ0v) is 14.7. The molecule has 2 aromatic rings. The Morgan fingerprint density at radius 3 is 2.11 bits per heavy atom. The van der Waals surface area contributed by atoms with Gasteiger partial charge in [0.25, 0.3) is 11.6 Å². The average Bonchev–Trinajstić information content (AvgIpc) is 2.67. The van der Waals surface area contributed by atoms with Gasteiger partial charge in [-0.3, -0.25) is 24.5 Å². The molecule has 2 atom stereocenters. The molecule has 0 saturated heterocycles. The molecule has 0 aromatic heterocycles. The number of benzene rings is 2. The first-order valence-corrected chi connectivity index (χ1v) is 8.03. The molecule has 0 aliphatic rings. The predicted molar refractivity (Wildman–Crippen MR) is 95.9 cm³/mol. The topological polar surface area (TPSA) is 116 Å². The van der Waals surface area contributed by atoms with Gasteiger partial charge in [-0.25, -0.2) is 0 Å². The van der Waals surface area contributed by atoms with Gasteiger partial charge in [0, 0.05) is 17.7 Å². The van der Waals surface area contributed by atoms with Crippen molar-refractivity contribution in [3.8, 4) is 0 Å². The fourth-order valence-corrected chi connectivity index (χ4v) is 2.64. The Balaban J connectivity index is 2.43. The molecule has 0 aliphatic heterocycles. The van der Waals surface area contributed by atoms with E-state index in [9.17, 15) is 24.5 Å². The van der Waals surface area contributed by atoms with Gasteiger partial charge in [-0.1, -0.05) is 30.3 Å². The number of ether oxygens (including phenoxy) is 1. The summed E-state index contributed by atoms with van der Waals surface area (Å²) < 4.78 is 4.71. The van der Waals surface area contributed by atoms with Gasteiger partial charge in [0.1, 0.15) is 11.7 Å². The smallest absolute Gasteiger partial charge is 0.318 e. The Morgan fingerprint density at radius 2 is 1.63 bits per heavy atom. The van der Waals surface area contributed by atoms with Crippen LogP contribution in [-0.2, 0) is 14.3 Å². The van der Waals surface area contributed by atoms with Gasteiger partial charge in [-0.2, -0.15) is 0 Å². The van der Waals surface area contributed by atoms with Gasteiger partial charge in [-0.15, -0.1) is 0 Å². The molecule has 0 spiro atoms. The SMILES string of the molecule is COC(=O)C(C(C)=O)C(NC(=O)c1ccccc1)c1ccc([N+](=O)[O-])cc1. The van der Waals surface area contributed by atoms with E-state index < -0.39 is 34.5 Å². The van der Waals surface area contributed by atoms with Crippen molar-refractivity contribution in [1.82, 2.24) is 5.32 Å². The monoisotopic (exact) mass is 370 g/mol. The van der Waals surface area contributed by atoms with Crippen molar-refractivity contribution in [2.75, 3.05) is 7.11 Å². The quantitative estimate of drug-likeness (QED) is 0.346. The summed E-state index contributed by atoms with van der Waals surface area (Å²) in [5, 5.41) is 13.5. The predicted octanol–water partition coefficient (Wildman–Crippen LogP) is 2.44. The van der Waals surface area contributed by atoms with Crippen LogP contribution in [0.15, 0.2) is 54.6 Å². The number of amides is 1. The molecule has 8 heteroatoms. The molecule has 2 rings (SSSR count). The molecule has 2 unspecified atom stereocenters. The van der Waals surface area contributed by atoms with Crippen molar-refractivity contribution in [2.24, 2.45) is 5.92 Å². The lowest BCUT2D eigenvalue weighted by Crippen LogP contribution is -2.40. The molecule has 1 amide bonds. The van der Waals surface area contributed by atoms with Gasteiger partial charge in [-0.05, 0) is 24.6 Å². The number of carbonyl (C=O) groups excluding carboxylic acids is 3. The molecule has 0 radical (unpaired) electrons.